The van der Waals surface area contributed by atoms with Crippen LogP contribution in [0.2, 0.25) is 0 Å². The zero-order chi connectivity index (χ0) is 13.2. The Morgan fingerprint density at radius 3 is 2.24 bits per heavy atom. The summed E-state index contributed by atoms with van der Waals surface area (Å²) in [6.07, 6.45) is -0.405. The van der Waals surface area contributed by atoms with Gasteiger partial charge in [-0.15, -0.1) is 0 Å². The van der Waals surface area contributed by atoms with E-state index in [0.717, 1.165) is 11.1 Å². The van der Waals surface area contributed by atoms with Crippen molar-refractivity contribution in [1.29, 1.82) is 0 Å². The van der Waals surface area contributed by atoms with Gasteiger partial charge in [-0.05, 0) is 58.7 Å². The highest BCUT2D eigenvalue weighted by molar-refractivity contribution is 5.99. The molecule has 0 aliphatic rings. The van der Waals surface area contributed by atoms with Crippen LogP contribution in [0.1, 0.15) is 49.2 Å². The number of Topliss-reactive ketones (excluding diaryl/α,β-unsaturated/α-hetero) is 1. The van der Waals surface area contributed by atoms with E-state index >= 15 is 0 Å². The maximum atomic E-state index is 12.2. The number of rotatable bonds is 3. The second kappa shape index (κ2) is 5.01. The number of carbonyl (C=O) groups is 1. The van der Waals surface area contributed by atoms with E-state index in [9.17, 15) is 4.79 Å². The average molecular weight is 234 g/mol. The summed E-state index contributed by atoms with van der Waals surface area (Å²) in [4.78, 5) is 12.2. The molecule has 0 amide bonds. The molecule has 94 valence electrons. The first-order valence-corrected chi connectivity index (χ1v) is 6.00. The molecule has 0 radical (unpaired) electrons. The van der Waals surface area contributed by atoms with Crippen LogP contribution in [0, 0.1) is 13.8 Å². The third-order valence-corrected chi connectivity index (χ3v) is 2.69. The van der Waals surface area contributed by atoms with Crippen LogP contribution < -0.4 is 0 Å². The zero-order valence-corrected chi connectivity index (χ0v) is 11.6. The number of hydrogen-bond acceptors (Lipinski definition) is 2. The summed E-state index contributed by atoms with van der Waals surface area (Å²) in [6.45, 7) is 11.7. The lowest BCUT2D eigenvalue weighted by Gasteiger charge is -2.24. The highest BCUT2D eigenvalue weighted by atomic mass is 16.5. The van der Waals surface area contributed by atoms with E-state index in [-0.39, 0.29) is 11.4 Å². The van der Waals surface area contributed by atoms with Gasteiger partial charge in [-0.1, -0.05) is 12.1 Å². The Hall–Kier alpha value is -1.15. The van der Waals surface area contributed by atoms with Gasteiger partial charge in [0.1, 0.15) is 6.10 Å². The highest BCUT2D eigenvalue weighted by Crippen LogP contribution is 2.16. The Morgan fingerprint density at radius 1 is 1.18 bits per heavy atom. The molecule has 1 aromatic rings. The van der Waals surface area contributed by atoms with Gasteiger partial charge in [0.2, 0.25) is 0 Å². The van der Waals surface area contributed by atoms with Crippen molar-refractivity contribution in [2.75, 3.05) is 0 Å². The summed E-state index contributed by atoms with van der Waals surface area (Å²) >= 11 is 0. The van der Waals surface area contributed by atoms with E-state index in [1.807, 2.05) is 59.7 Å². The van der Waals surface area contributed by atoms with Crippen molar-refractivity contribution in [1.82, 2.24) is 0 Å². The van der Waals surface area contributed by atoms with Crippen molar-refractivity contribution in [3.05, 3.63) is 34.9 Å². The standard InChI is InChI=1S/C15H22O2/c1-10-7-8-13(9-11(10)2)14(16)12(3)17-15(4,5)6/h7-9,12H,1-6H3. The molecule has 0 spiro atoms. The highest BCUT2D eigenvalue weighted by Gasteiger charge is 2.22. The SMILES string of the molecule is Cc1ccc(C(=O)C(C)OC(C)(C)C)cc1C. The van der Waals surface area contributed by atoms with Gasteiger partial charge < -0.3 is 4.74 Å². The van der Waals surface area contributed by atoms with E-state index in [1.165, 1.54) is 5.56 Å². The molecule has 1 atom stereocenters. The third kappa shape index (κ3) is 3.97. The van der Waals surface area contributed by atoms with Crippen LogP contribution >= 0.6 is 0 Å². The lowest BCUT2D eigenvalue weighted by molar-refractivity contribution is -0.0381. The average Bonchev–Trinajstić information content (AvgIpc) is 2.18. The Morgan fingerprint density at radius 2 is 1.76 bits per heavy atom. The van der Waals surface area contributed by atoms with E-state index in [0.29, 0.717) is 0 Å². The van der Waals surface area contributed by atoms with Crippen molar-refractivity contribution in [2.24, 2.45) is 0 Å². The lowest BCUT2D eigenvalue weighted by atomic mass is 10.0. The van der Waals surface area contributed by atoms with E-state index in [4.69, 9.17) is 4.74 Å². The molecular weight excluding hydrogens is 212 g/mol. The smallest absolute Gasteiger partial charge is 0.191 e. The summed E-state index contributed by atoms with van der Waals surface area (Å²) in [7, 11) is 0. The number of aryl methyl sites for hydroxylation is 2. The van der Waals surface area contributed by atoms with E-state index in [2.05, 4.69) is 0 Å². The second-order valence-electron chi connectivity index (χ2n) is 5.54. The van der Waals surface area contributed by atoms with Crippen molar-refractivity contribution in [3.63, 3.8) is 0 Å². The predicted molar refractivity (Wildman–Crippen MR) is 70.5 cm³/mol. The van der Waals surface area contributed by atoms with Crippen LogP contribution in [-0.4, -0.2) is 17.5 Å². The van der Waals surface area contributed by atoms with Crippen molar-refractivity contribution in [2.45, 2.75) is 53.2 Å². The number of ether oxygens (including phenoxy) is 1. The number of ketones is 1. The molecule has 0 fully saturated rings. The van der Waals surface area contributed by atoms with Crippen LogP contribution in [0.5, 0.6) is 0 Å². The molecule has 0 aliphatic carbocycles. The summed E-state index contributed by atoms with van der Waals surface area (Å²) in [5.74, 6) is 0.0445. The molecular formula is C15H22O2. The molecule has 0 aliphatic heterocycles. The molecule has 1 aromatic carbocycles. The zero-order valence-electron chi connectivity index (χ0n) is 11.6. The van der Waals surface area contributed by atoms with Gasteiger partial charge in [-0.3, -0.25) is 4.79 Å². The fraction of sp³-hybridized carbons (Fsp3) is 0.533. The quantitative estimate of drug-likeness (QED) is 0.746. The molecule has 1 rings (SSSR count). The number of benzene rings is 1. The van der Waals surface area contributed by atoms with Gasteiger partial charge in [0.25, 0.3) is 0 Å². The summed E-state index contributed by atoms with van der Waals surface area (Å²) in [5, 5.41) is 0. The minimum atomic E-state index is -0.405. The summed E-state index contributed by atoms with van der Waals surface area (Å²) in [5.41, 5.74) is 2.77. The first-order valence-electron chi connectivity index (χ1n) is 6.00. The third-order valence-electron chi connectivity index (χ3n) is 2.69. The second-order valence-corrected chi connectivity index (χ2v) is 5.54. The Balaban J connectivity index is 2.85. The molecule has 17 heavy (non-hydrogen) atoms. The molecule has 0 saturated carbocycles. The maximum absolute atomic E-state index is 12.2. The normalized spacial score (nSPS) is 13.5. The first-order chi connectivity index (χ1) is 7.70. The monoisotopic (exact) mass is 234 g/mol. The van der Waals surface area contributed by atoms with Crippen molar-refractivity contribution >= 4 is 5.78 Å². The van der Waals surface area contributed by atoms with Crippen LogP contribution in [0.25, 0.3) is 0 Å². The molecule has 0 aromatic heterocycles. The van der Waals surface area contributed by atoms with Gasteiger partial charge in [0.15, 0.2) is 5.78 Å². The molecule has 0 N–H and O–H groups in total. The number of hydrogen-bond donors (Lipinski definition) is 0. The van der Waals surface area contributed by atoms with Gasteiger partial charge >= 0.3 is 0 Å². The van der Waals surface area contributed by atoms with Crippen LogP contribution in [-0.2, 0) is 4.74 Å². The molecule has 1 unspecified atom stereocenters. The van der Waals surface area contributed by atoms with Gasteiger partial charge in [0, 0.05) is 5.56 Å². The predicted octanol–water partition coefficient (Wildman–Crippen LogP) is 3.69. The maximum Gasteiger partial charge on any atom is 0.191 e. The fourth-order valence-corrected chi connectivity index (χ4v) is 1.71. The van der Waals surface area contributed by atoms with Crippen molar-refractivity contribution in [3.8, 4) is 0 Å². The van der Waals surface area contributed by atoms with Gasteiger partial charge in [-0.25, -0.2) is 0 Å². The summed E-state index contributed by atoms with van der Waals surface area (Å²) < 4.78 is 5.67. The molecule has 0 heterocycles. The molecule has 2 nitrogen and oxygen atoms in total. The minimum Gasteiger partial charge on any atom is -0.365 e. The first kappa shape index (κ1) is 13.9. The molecule has 2 heteroatoms. The van der Waals surface area contributed by atoms with Crippen LogP contribution in [0.4, 0.5) is 0 Å². The van der Waals surface area contributed by atoms with Crippen LogP contribution in [0.15, 0.2) is 18.2 Å². The van der Waals surface area contributed by atoms with Gasteiger partial charge in [-0.2, -0.15) is 0 Å². The molecule has 0 bridgehead atoms. The lowest BCUT2D eigenvalue weighted by Crippen LogP contribution is -2.31. The fourth-order valence-electron chi connectivity index (χ4n) is 1.71. The van der Waals surface area contributed by atoms with Crippen molar-refractivity contribution < 1.29 is 9.53 Å². The van der Waals surface area contributed by atoms with Crippen LogP contribution in [0.3, 0.4) is 0 Å². The minimum absolute atomic E-state index is 0.0445. The topological polar surface area (TPSA) is 26.3 Å². The number of carbonyl (C=O) groups excluding carboxylic acids is 1. The van der Waals surface area contributed by atoms with Gasteiger partial charge in [0.05, 0.1) is 5.60 Å². The Bertz CT molecular complexity index is 413. The Labute approximate surface area is 104 Å². The molecule has 0 saturated heterocycles. The van der Waals surface area contributed by atoms with E-state index in [1.54, 1.807) is 0 Å². The largest absolute Gasteiger partial charge is 0.365 e. The Kier molecular flexibility index (Phi) is 4.10. The van der Waals surface area contributed by atoms with E-state index < -0.39 is 6.10 Å². The summed E-state index contributed by atoms with van der Waals surface area (Å²) in [6, 6.07) is 5.78.